The summed E-state index contributed by atoms with van der Waals surface area (Å²) in [5.41, 5.74) is 6.49. The molecule has 0 aliphatic rings. The van der Waals surface area contributed by atoms with Crippen LogP contribution in [0.25, 0.3) is 0 Å². The number of rotatable bonds is 5. The van der Waals surface area contributed by atoms with E-state index in [1.54, 1.807) is 6.07 Å². The van der Waals surface area contributed by atoms with Crippen LogP contribution in [0.5, 0.6) is 0 Å². The molecule has 0 saturated carbocycles. The first-order valence-corrected chi connectivity index (χ1v) is 6.60. The largest absolute Gasteiger partial charge is 0.388 e. The Morgan fingerprint density at radius 3 is 2.69 bits per heavy atom. The first-order valence-electron chi connectivity index (χ1n) is 5.43. The minimum absolute atomic E-state index is 0.0993. The van der Waals surface area contributed by atoms with E-state index in [0.717, 1.165) is 22.9 Å². The zero-order valence-electron chi connectivity index (χ0n) is 9.29. The first-order chi connectivity index (χ1) is 7.60. The van der Waals surface area contributed by atoms with Crippen LogP contribution in [0.15, 0.2) is 22.7 Å². The molecule has 2 atom stereocenters. The second kappa shape index (κ2) is 6.60. The number of benzene rings is 1. The van der Waals surface area contributed by atoms with Crippen molar-refractivity contribution in [1.29, 1.82) is 0 Å². The van der Waals surface area contributed by atoms with E-state index < -0.39 is 6.10 Å². The Morgan fingerprint density at radius 1 is 1.50 bits per heavy atom. The van der Waals surface area contributed by atoms with Crippen molar-refractivity contribution in [1.82, 2.24) is 0 Å². The fourth-order valence-corrected chi connectivity index (χ4v) is 2.18. The van der Waals surface area contributed by atoms with Gasteiger partial charge in [0.2, 0.25) is 0 Å². The molecular formula is C12H17BrClNO. The average Bonchev–Trinajstić information content (AvgIpc) is 2.28. The standard InChI is InChI=1S/C12H17BrClNO/c1-2-3-9(7-15)12(16)8-4-5-10(13)11(14)6-8/h4-6,9,12,16H,2-3,7,15H2,1H3. The summed E-state index contributed by atoms with van der Waals surface area (Å²) >= 11 is 9.32. The highest BCUT2D eigenvalue weighted by Crippen LogP contribution is 2.30. The molecule has 90 valence electrons. The highest BCUT2D eigenvalue weighted by atomic mass is 79.9. The maximum absolute atomic E-state index is 10.2. The summed E-state index contributed by atoms with van der Waals surface area (Å²) in [7, 11) is 0. The van der Waals surface area contributed by atoms with E-state index in [0.29, 0.717) is 11.6 Å². The maximum atomic E-state index is 10.2. The van der Waals surface area contributed by atoms with Crippen molar-refractivity contribution in [3.63, 3.8) is 0 Å². The number of nitrogens with two attached hydrogens (primary N) is 1. The summed E-state index contributed by atoms with van der Waals surface area (Å²) in [6.07, 6.45) is 1.41. The Hall–Kier alpha value is -0.0900. The molecule has 1 aromatic rings. The van der Waals surface area contributed by atoms with Gasteiger partial charge >= 0.3 is 0 Å². The van der Waals surface area contributed by atoms with Crippen molar-refractivity contribution >= 4 is 27.5 Å². The molecule has 16 heavy (non-hydrogen) atoms. The summed E-state index contributed by atoms with van der Waals surface area (Å²) in [5, 5.41) is 10.8. The predicted octanol–water partition coefficient (Wildman–Crippen LogP) is 3.51. The van der Waals surface area contributed by atoms with E-state index >= 15 is 0 Å². The summed E-state index contributed by atoms with van der Waals surface area (Å²) < 4.78 is 0.838. The molecule has 0 heterocycles. The highest BCUT2D eigenvalue weighted by Gasteiger charge is 2.19. The second-order valence-electron chi connectivity index (χ2n) is 3.90. The zero-order valence-corrected chi connectivity index (χ0v) is 11.6. The van der Waals surface area contributed by atoms with Crippen LogP contribution in [-0.4, -0.2) is 11.7 Å². The van der Waals surface area contributed by atoms with E-state index in [1.807, 2.05) is 12.1 Å². The van der Waals surface area contributed by atoms with Gasteiger partial charge in [0.25, 0.3) is 0 Å². The molecule has 0 amide bonds. The van der Waals surface area contributed by atoms with Crippen LogP contribution in [0.3, 0.4) is 0 Å². The predicted molar refractivity (Wildman–Crippen MR) is 71.6 cm³/mol. The Bertz CT molecular complexity index is 346. The van der Waals surface area contributed by atoms with E-state index in [-0.39, 0.29) is 5.92 Å². The van der Waals surface area contributed by atoms with Gasteiger partial charge < -0.3 is 10.8 Å². The van der Waals surface area contributed by atoms with Crippen molar-refractivity contribution in [3.05, 3.63) is 33.3 Å². The Labute approximate surface area is 110 Å². The van der Waals surface area contributed by atoms with Crippen molar-refractivity contribution in [2.75, 3.05) is 6.54 Å². The molecule has 0 aliphatic heterocycles. The van der Waals surface area contributed by atoms with Crippen LogP contribution < -0.4 is 5.73 Å². The molecule has 3 N–H and O–H groups in total. The summed E-state index contributed by atoms with van der Waals surface area (Å²) in [6, 6.07) is 5.51. The maximum Gasteiger partial charge on any atom is 0.0830 e. The summed E-state index contributed by atoms with van der Waals surface area (Å²) in [5.74, 6) is 0.0993. The van der Waals surface area contributed by atoms with Crippen LogP contribution in [0.4, 0.5) is 0 Å². The van der Waals surface area contributed by atoms with Crippen LogP contribution in [0.2, 0.25) is 5.02 Å². The van der Waals surface area contributed by atoms with E-state index in [1.165, 1.54) is 0 Å². The minimum atomic E-state index is -0.532. The van der Waals surface area contributed by atoms with Gasteiger partial charge in [-0.2, -0.15) is 0 Å². The van der Waals surface area contributed by atoms with Crippen LogP contribution in [0.1, 0.15) is 31.4 Å². The van der Waals surface area contributed by atoms with E-state index in [9.17, 15) is 5.11 Å². The number of aliphatic hydroxyl groups is 1. The quantitative estimate of drug-likeness (QED) is 0.874. The Balaban J connectivity index is 2.85. The van der Waals surface area contributed by atoms with Gasteiger partial charge in [-0.25, -0.2) is 0 Å². The minimum Gasteiger partial charge on any atom is -0.388 e. The lowest BCUT2D eigenvalue weighted by Crippen LogP contribution is -2.21. The molecule has 0 aliphatic carbocycles. The first kappa shape index (κ1) is 14.0. The van der Waals surface area contributed by atoms with Crippen molar-refractivity contribution < 1.29 is 5.11 Å². The summed E-state index contributed by atoms with van der Waals surface area (Å²) in [4.78, 5) is 0. The van der Waals surface area contributed by atoms with Gasteiger partial charge in [0.15, 0.2) is 0 Å². The molecule has 4 heteroatoms. The number of hydrogen-bond donors (Lipinski definition) is 2. The fourth-order valence-electron chi connectivity index (χ4n) is 1.74. The highest BCUT2D eigenvalue weighted by molar-refractivity contribution is 9.10. The average molecular weight is 307 g/mol. The van der Waals surface area contributed by atoms with E-state index in [4.69, 9.17) is 17.3 Å². The molecule has 0 bridgehead atoms. The lowest BCUT2D eigenvalue weighted by molar-refractivity contribution is 0.107. The lowest BCUT2D eigenvalue weighted by atomic mass is 9.92. The van der Waals surface area contributed by atoms with Gasteiger partial charge in [-0.15, -0.1) is 0 Å². The molecule has 2 unspecified atom stereocenters. The van der Waals surface area contributed by atoms with Crippen LogP contribution >= 0.6 is 27.5 Å². The zero-order chi connectivity index (χ0) is 12.1. The molecule has 1 rings (SSSR count). The Morgan fingerprint density at radius 2 is 2.19 bits per heavy atom. The van der Waals surface area contributed by atoms with Gasteiger partial charge in [0, 0.05) is 10.4 Å². The molecule has 0 saturated heterocycles. The number of hydrogen-bond acceptors (Lipinski definition) is 2. The van der Waals surface area contributed by atoms with Gasteiger partial charge in [-0.3, -0.25) is 0 Å². The van der Waals surface area contributed by atoms with E-state index in [2.05, 4.69) is 22.9 Å². The third kappa shape index (κ3) is 3.45. The van der Waals surface area contributed by atoms with Gasteiger partial charge in [-0.1, -0.05) is 31.0 Å². The van der Waals surface area contributed by atoms with Gasteiger partial charge in [0.1, 0.15) is 0 Å². The van der Waals surface area contributed by atoms with Gasteiger partial charge in [0.05, 0.1) is 11.1 Å². The molecule has 2 nitrogen and oxygen atoms in total. The van der Waals surface area contributed by atoms with Crippen LogP contribution in [-0.2, 0) is 0 Å². The molecule has 0 spiro atoms. The number of aliphatic hydroxyl groups excluding tert-OH is 1. The SMILES string of the molecule is CCCC(CN)C(O)c1ccc(Br)c(Cl)c1. The van der Waals surface area contributed by atoms with Crippen molar-refractivity contribution in [2.45, 2.75) is 25.9 Å². The fraction of sp³-hybridized carbons (Fsp3) is 0.500. The molecular weight excluding hydrogens is 289 g/mol. The van der Waals surface area contributed by atoms with Crippen LogP contribution in [0, 0.1) is 5.92 Å². The lowest BCUT2D eigenvalue weighted by Gasteiger charge is -2.21. The third-order valence-electron chi connectivity index (χ3n) is 2.69. The molecule has 1 aromatic carbocycles. The molecule has 0 fully saturated rings. The smallest absolute Gasteiger partial charge is 0.0830 e. The van der Waals surface area contributed by atoms with Gasteiger partial charge in [-0.05, 0) is 46.6 Å². The second-order valence-corrected chi connectivity index (χ2v) is 5.16. The normalized spacial score (nSPS) is 14.8. The molecule has 0 aromatic heterocycles. The topological polar surface area (TPSA) is 46.2 Å². The Kier molecular flexibility index (Phi) is 5.76. The molecule has 0 radical (unpaired) electrons. The summed E-state index contributed by atoms with van der Waals surface area (Å²) in [6.45, 7) is 2.58. The monoisotopic (exact) mass is 305 g/mol. The van der Waals surface area contributed by atoms with Crippen molar-refractivity contribution in [2.24, 2.45) is 11.7 Å². The third-order valence-corrected chi connectivity index (χ3v) is 3.93. The van der Waals surface area contributed by atoms with Crippen molar-refractivity contribution in [3.8, 4) is 0 Å². The number of halogens is 2.